The van der Waals surface area contributed by atoms with Crippen LogP contribution in [0.15, 0.2) is 57.8 Å². The Hall–Kier alpha value is -3.94. The van der Waals surface area contributed by atoms with Crippen molar-refractivity contribution in [3.05, 3.63) is 52.2 Å². The average molecular weight is 897 g/mol. The van der Waals surface area contributed by atoms with Crippen LogP contribution in [-0.2, 0) is 49.3 Å². The number of nitrogens with zero attached hydrogens (tertiary/aromatic N) is 4. The fourth-order valence-electron chi connectivity index (χ4n) is 9.31. The minimum Gasteiger partial charge on any atom is -0.459 e. The molecule has 346 valence electrons. The van der Waals surface area contributed by atoms with Gasteiger partial charge in [-0.2, -0.15) is 0 Å². The maximum atomic E-state index is 14.5. The monoisotopic (exact) mass is 896 g/mol. The summed E-state index contributed by atoms with van der Waals surface area (Å²) in [6.45, 7) is 13.4. The molecule has 0 saturated carbocycles. The molecule has 1 unspecified atom stereocenters. The van der Waals surface area contributed by atoms with Crippen molar-refractivity contribution in [3.8, 4) is 5.75 Å². The second kappa shape index (κ2) is 20.5. The number of thiophene rings is 1. The number of fused-ring (bicyclic) bond motifs is 4. The number of carbonyl (C=O) groups is 3. The zero-order valence-corrected chi connectivity index (χ0v) is 38.8. The molecule has 4 aliphatic heterocycles. The molecular formula is C46H64N4O12S. The number of Topliss-reactive ketones (excluding diaryl/α,β-unsaturated/α-hetero) is 1. The number of aliphatic imine (C=N–C) groups is 1. The first kappa shape index (κ1) is 48.5. The first-order valence-corrected chi connectivity index (χ1v) is 22.7. The van der Waals surface area contributed by atoms with Crippen molar-refractivity contribution in [2.24, 2.45) is 39.0 Å². The van der Waals surface area contributed by atoms with E-state index in [-0.39, 0.29) is 50.3 Å². The molecule has 2 N–H and O–H groups in total. The van der Waals surface area contributed by atoms with Gasteiger partial charge in [-0.05, 0) is 91.2 Å². The van der Waals surface area contributed by atoms with Gasteiger partial charge in [-0.15, -0.1) is 11.3 Å². The summed E-state index contributed by atoms with van der Waals surface area (Å²) in [6, 6.07) is 12.6. The number of ether oxygens (including phenoxy) is 5. The van der Waals surface area contributed by atoms with E-state index in [0.29, 0.717) is 17.9 Å². The molecule has 4 aliphatic rings. The lowest BCUT2D eigenvalue weighted by Gasteiger charge is -2.47. The number of rotatable bonds is 9. The van der Waals surface area contributed by atoms with E-state index in [2.05, 4.69) is 10.3 Å². The molecule has 0 spiro atoms. The minimum absolute atomic E-state index is 0.130. The van der Waals surface area contributed by atoms with Crippen LogP contribution in [0.1, 0.15) is 84.4 Å². The molecule has 16 nitrogen and oxygen atoms in total. The summed E-state index contributed by atoms with van der Waals surface area (Å²) in [5.74, 6) is -4.91. The molecule has 17 heteroatoms. The maximum absolute atomic E-state index is 14.5. The number of ketones is 1. The van der Waals surface area contributed by atoms with Crippen LogP contribution < -0.4 is 4.84 Å². The standard InChI is InChI=1S/C46H64N4O12S/c1-11-36-46(8,55)41-27(4)37-25(2)21-45(7,40(28(5)38(51)29(6)43(54)59-36)60-44-39(52)34(50(9)10)19-26(3)58-44)57-24-30(23-56-41)49-62-35(42(53)48-37)20-32-17-18-33(63-32)22-47-61-31-15-13-12-14-16-31/h12-18,22,25-29,34-36,39-41,44,52,55H,11,19-21,23-24H2,1-10H3/b47-22+,48-37?,49-30-/t25-,26-,27+,28+,29-,34+,35?,36-,39-,40-,41-,44+,45-,46-/m1/s1. The van der Waals surface area contributed by atoms with Gasteiger partial charge in [0.2, 0.25) is 6.10 Å². The maximum Gasteiger partial charge on any atom is 0.316 e. The van der Waals surface area contributed by atoms with Crippen molar-refractivity contribution in [1.29, 1.82) is 0 Å². The number of benzene rings is 1. The lowest BCUT2D eigenvalue weighted by Crippen LogP contribution is -2.60. The Morgan fingerprint density at radius 2 is 1.75 bits per heavy atom. The zero-order chi connectivity index (χ0) is 45.8. The highest BCUT2D eigenvalue weighted by molar-refractivity contribution is 7.13. The van der Waals surface area contributed by atoms with Gasteiger partial charge in [-0.1, -0.05) is 56.2 Å². The number of hydrogen-bond donors (Lipinski definition) is 2. The largest absolute Gasteiger partial charge is 0.459 e. The molecule has 1 amide bonds. The second-order valence-electron chi connectivity index (χ2n) is 18.1. The minimum atomic E-state index is -1.84. The van der Waals surface area contributed by atoms with Crippen LogP contribution in [0.25, 0.3) is 0 Å². The fraction of sp³-hybridized carbons (Fsp3) is 0.652. The topological polar surface area (TPSA) is 197 Å². The normalized spacial score (nSPS) is 38.2. The van der Waals surface area contributed by atoms with E-state index in [4.69, 9.17) is 38.4 Å². The summed E-state index contributed by atoms with van der Waals surface area (Å²) in [6.07, 6.45) is -4.48. The third kappa shape index (κ3) is 11.1. The van der Waals surface area contributed by atoms with Gasteiger partial charge in [0.05, 0.1) is 43.3 Å². The number of likely N-dealkylation sites (N-methyl/N-ethyl adjacent to an activating group) is 1. The average Bonchev–Trinajstić information content (AvgIpc) is 3.68. The van der Waals surface area contributed by atoms with Crippen molar-refractivity contribution in [2.75, 3.05) is 27.3 Å². The van der Waals surface area contributed by atoms with Crippen LogP contribution in [0.3, 0.4) is 0 Å². The number of para-hydroxylation sites is 1. The van der Waals surface area contributed by atoms with Gasteiger partial charge in [-0.3, -0.25) is 14.4 Å². The highest BCUT2D eigenvalue weighted by atomic mass is 32.1. The molecule has 14 atom stereocenters. The van der Waals surface area contributed by atoms with Crippen LogP contribution >= 0.6 is 11.3 Å². The lowest BCUT2D eigenvalue weighted by molar-refractivity contribution is -0.296. The SMILES string of the molecule is CC[C@H]1OC(=O)[C@H](C)C(=O)[C@H](C)[C@@H](O[C@@H]2O[C@H](C)C[C@H](N(C)C)[C@H]2O)[C@@]2(C)C[C@@H](C)C3=NC(=O)C(Cc4ccc(/C=N/Oc5ccccc5)s4)O/N=C(/CO[C@H]([C@H]3C)[C@]1(C)O)CO2. The van der Waals surface area contributed by atoms with Crippen LogP contribution in [0.2, 0.25) is 0 Å². The molecule has 6 rings (SSSR count). The molecule has 1 aromatic carbocycles. The molecule has 0 radical (unpaired) electrons. The predicted octanol–water partition coefficient (Wildman–Crippen LogP) is 5.00. The Balaban J connectivity index is 1.43. The van der Waals surface area contributed by atoms with Gasteiger partial charge in [0.25, 0.3) is 5.91 Å². The molecule has 3 fully saturated rings. The summed E-state index contributed by atoms with van der Waals surface area (Å²) in [4.78, 5) is 62.8. The zero-order valence-electron chi connectivity index (χ0n) is 38.0. The Morgan fingerprint density at radius 1 is 1.02 bits per heavy atom. The Kier molecular flexibility index (Phi) is 15.8. The molecule has 5 heterocycles. The van der Waals surface area contributed by atoms with Gasteiger partial charge in [0.1, 0.15) is 29.4 Å². The van der Waals surface area contributed by atoms with Crippen molar-refractivity contribution in [1.82, 2.24) is 4.90 Å². The van der Waals surface area contributed by atoms with Gasteiger partial charge >= 0.3 is 5.97 Å². The molecule has 4 bridgehead atoms. The van der Waals surface area contributed by atoms with Crippen molar-refractivity contribution in [2.45, 2.75) is 141 Å². The number of aliphatic hydroxyl groups excluding tert-OH is 1. The van der Waals surface area contributed by atoms with E-state index in [0.717, 1.165) is 9.75 Å². The molecule has 0 aliphatic carbocycles. The van der Waals surface area contributed by atoms with Gasteiger partial charge in [-0.25, -0.2) is 4.99 Å². The molecule has 2 aromatic rings. The smallest absolute Gasteiger partial charge is 0.316 e. The first-order chi connectivity index (χ1) is 29.8. The number of amides is 1. The Labute approximate surface area is 373 Å². The molecule has 1 aromatic heterocycles. The van der Waals surface area contributed by atoms with Crippen LogP contribution in [0, 0.1) is 23.7 Å². The van der Waals surface area contributed by atoms with E-state index in [1.807, 2.05) is 70.1 Å². The van der Waals surface area contributed by atoms with Crippen LogP contribution in [0.5, 0.6) is 5.75 Å². The van der Waals surface area contributed by atoms with Crippen molar-refractivity contribution >= 4 is 46.6 Å². The van der Waals surface area contributed by atoms with Crippen molar-refractivity contribution in [3.63, 3.8) is 0 Å². The quantitative estimate of drug-likeness (QED) is 0.148. The first-order valence-electron chi connectivity index (χ1n) is 21.9. The number of esters is 1. The van der Waals surface area contributed by atoms with E-state index in [1.165, 1.54) is 25.2 Å². The predicted molar refractivity (Wildman–Crippen MR) is 236 cm³/mol. The highest BCUT2D eigenvalue weighted by Gasteiger charge is 2.53. The van der Waals surface area contributed by atoms with E-state index >= 15 is 0 Å². The fourth-order valence-corrected chi connectivity index (χ4v) is 10.2. The Morgan fingerprint density at radius 3 is 2.44 bits per heavy atom. The number of carbonyl (C=O) groups excluding carboxylic acids is 3. The third-order valence-electron chi connectivity index (χ3n) is 12.8. The van der Waals surface area contributed by atoms with E-state index < -0.39 is 89.3 Å². The summed E-state index contributed by atoms with van der Waals surface area (Å²) < 4.78 is 32.5. The van der Waals surface area contributed by atoms with Crippen LogP contribution in [0.4, 0.5) is 0 Å². The van der Waals surface area contributed by atoms with Gasteiger partial charge in [0.15, 0.2) is 17.8 Å². The number of oxime groups is 2. The molecule has 3 saturated heterocycles. The molecule has 63 heavy (non-hydrogen) atoms. The number of hydrogen-bond acceptors (Lipinski definition) is 16. The summed E-state index contributed by atoms with van der Waals surface area (Å²) in [5.41, 5.74) is -2.61. The number of cyclic esters (lactones) is 1. The lowest BCUT2D eigenvalue weighted by atomic mass is 9.73. The highest BCUT2D eigenvalue weighted by Crippen LogP contribution is 2.40. The van der Waals surface area contributed by atoms with E-state index in [9.17, 15) is 24.6 Å². The summed E-state index contributed by atoms with van der Waals surface area (Å²) in [5, 5.41) is 32.7. The van der Waals surface area contributed by atoms with Crippen molar-refractivity contribution < 1.29 is 58.0 Å². The molecular weight excluding hydrogens is 833 g/mol. The van der Waals surface area contributed by atoms with Crippen LogP contribution in [-0.4, -0.2) is 138 Å². The Bertz CT molecular complexity index is 2010. The van der Waals surface area contributed by atoms with E-state index in [1.54, 1.807) is 39.1 Å². The summed E-state index contributed by atoms with van der Waals surface area (Å²) in [7, 11) is 3.74. The van der Waals surface area contributed by atoms with Gasteiger partial charge in [0, 0.05) is 39.8 Å². The second-order valence-corrected chi connectivity index (χ2v) is 19.3. The summed E-state index contributed by atoms with van der Waals surface area (Å²) >= 11 is 1.41. The van der Waals surface area contributed by atoms with Gasteiger partial charge < -0.3 is 48.5 Å². The third-order valence-corrected chi connectivity index (χ3v) is 13.9. The number of aliphatic hydroxyl groups is 2.